The van der Waals surface area contributed by atoms with E-state index in [9.17, 15) is 9.59 Å². The maximum absolute atomic E-state index is 12.0. The summed E-state index contributed by atoms with van der Waals surface area (Å²) in [4.78, 5) is 24.3. The summed E-state index contributed by atoms with van der Waals surface area (Å²) in [5, 5.41) is 8.67. The van der Waals surface area contributed by atoms with Crippen LogP contribution in [0.3, 0.4) is 0 Å². The second kappa shape index (κ2) is 7.78. The molecule has 0 saturated carbocycles. The molecule has 1 N–H and O–H groups in total. The highest BCUT2D eigenvalue weighted by molar-refractivity contribution is 5.77. The molecule has 1 atom stereocenters. The second-order valence-electron chi connectivity index (χ2n) is 5.41. The van der Waals surface area contributed by atoms with E-state index < -0.39 is 5.97 Å². The molecule has 1 fully saturated rings. The van der Waals surface area contributed by atoms with Crippen LogP contribution < -0.4 is 0 Å². The summed E-state index contributed by atoms with van der Waals surface area (Å²) in [6, 6.07) is 9.74. The highest BCUT2D eigenvalue weighted by atomic mass is 16.5. The van der Waals surface area contributed by atoms with Gasteiger partial charge in [-0.25, -0.2) is 0 Å². The van der Waals surface area contributed by atoms with Crippen molar-refractivity contribution in [2.75, 3.05) is 19.7 Å². The predicted molar refractivity (Wildman–Crippen MR) is 77.7 cm³/mol. The molecule has 114 valence electrons. The Balaban J connectivity index is 1.66. The summed E-state index contributed by atoms with van der Waals surface area (Å²) in [7, 11) is 0. The minimum atomic E-state index is -0.772. The molecule has 0 radical (unpaired) electrons. The summed E-state index contributed by atoms with van der Waals surface area (Å²) >= 11 is 0. The zero-order valence-corrected chi connectivity index (χ0v) is 12.0. The average molecular weight is 291 g/mol. The lowest BCUT2D eigenvalue weighted by molar-refractivity contribution is -0.137. The van der Waals surface area contributed by atoms with E-state index in [1.165, 1.54) is 0 Å². The van der Waals surface area contributed by atoms with Gasteiger partial charge in [-0.3, -0.25) is 9.59 Å². The molecule has 1 heterocycles. The van der Waals surface area contributed by atoms with E-state index in [1.807, 2.05) is 30.3 Å². The first-order chi connectivity index (χ1) is 10.1. The van der Waals surface area contributed by atoms with E-state index in [2.05, 4.69) is 0 Å². The fourth-order valence-electron chi connectivity index (χ4n) is 2.54. The molecule has 1 aliphatic rings. The molecular weight excluding hydrogens is 270 g/mol. The Morgan fingerprint density at radius 1 is 1.29 bits per heavy atom. The molecule has 5 nitrogen and oxygen atoms in total. The van der Waals surface area contributed by atoms with Crippen molar-refractivity contribution in [3.63, 3.8) is 0 Å². The zero-order valence-electron chi connectivity index (χ0n) is 12.0. The lowest BCUT2D eigenvalue weighted by Crippen LogP contribution is -2.32. The first-order valence-corrected chi connectivity index (χ1v) is 7.26. The second-order valence-corrected chi connectivity index (χ2v) is 5.41. The third-order valence-corrected chi connectivity index (χ3v) is 3.74. The van der Waals surface area contributed by atoms with Gasteiger partial charge in [0, 0.05) is 19.5 Å². The molecule has 5 heteroatoms. The Kier molecular flexibility index (Phi) is 5.75. The van der Waals surface area contributed by atoms with Crippen molar-refractivity contribution in [1.82, 2.24) is 4.90 Å². The number of benzene rings is 1. The van der Waals surface area contributed by atoms with E-state index >= 15 is 0 Å². The zero-order chi connectivity index (χ0) is 15.1. The average Bonchev–Trinajstić information content (AvgIpc) is 2.95. The molecule has 1 aliphatic heterocycles. The van der Waals surface area contributed by atoms with Crippen molar-refractivity contribution < 1.29 is 19.4 Å². The monoisotopic (exact) mass is 291 g/mol. The van der Waals surface area contributed by atoms with E-state index in [1.54, 1.807) is 4.90 Å². The van der Waals surface area contributed by atoms with Gasteiger partial charge in [0.15, 0.2) is 0 Å². The van der Waals surface area contributed by atoms with Crippen LogP contribution in [0.5, 0.6) is 0 Å². The van der Waals surface area contributed by atoms with Gasteiger partial charge in [-0.05, 0) is 24.3 Å². The molecule has 0 bridgehead atoms. The molecule has 1 aromatic rings. The van der Waals surface area contributed by atoms with E-state index in [-0.39, 0.29) is 18.9 Å². The highest BCUT2D eigenvalue weighted by Crippen LogP contribution is 2.21. The molecule has 1 aromatic carbocycles. The van der Waals surface area contributed by atoms with Crippen LogP contribution in [0.4, 0.5) is 0 Å². The van der Waals surface area contributed by atoms with Gasteiger partial charge in [-0.1, -0.05) is 30.3 Å². The Labute approximate surface area is 124 Å². The van der Waals surface area contributed by atoms with Gasteiger partial charge in [0.05, 0.1) is 6.61 Å². The number of likely N-dealkylation sites (tertiary alicyclic amines) is 1. The van der Waals surface area contributed by atoms with Crippen LogP contribution in [0.2, 0.25) is 0 Å². The number of amides is 1. The highest BCUT2D eigenvalue weighted by Gasteiger charge is 2.26. The number of hydrogen-bond donors (Lipinski definition) is 1. The smallest absolute Gasteiger partial charge is 0.303 e. The number of carbonyl (C=O) groups excluding carboxylic acids is 1. The number of nitrogens with zero attached hydrogens (tertiary/aromatic N) is 1. The number of ether oxygens (including phenoxy) is 1. The summed E-state index contributed by atoms with van der Waals surface area (Å²) in [5.41, 5.74) is 1.05. The number of carboxylic acid groups (broad SMARTS) is 1. The standard InChI is InChI=1S/C16H21NO4/c18-15(12-21-11-14-4-2-1-3-5-14)17-9-8-13(10-17)6-7-16(19)20/h1-5,13H,6-12H2,(H,19,20). The van der Waals surface area contributed by atoms with Crippen LogP contribution in [0.1, 0.15) is 24.8 Å². The molecule has 2 rings (SSSR count). The lowest BCUT2D eigenvalue weighted by Gasteiger charge is -2.16. The normalized spacial score (nSPS) is 17.9. The summed E-state index contributed by atoms with van der Waals surface area (Å²) in [6.45, 7) is 1.88. The van der Waals surface area contributed by atoms with Gasteiger partial charge in [0.1, 0.15) is 6.61 Å². The molecule has 0 aliphatic carbocycles. The summed E-state index contributed by atoms with van der Waals surface area (Å²) < 4.78 is 5.44. The predicted octanol–water partition coefficient (Wildman–Crippen LogP) is 1.92. The molecule has 1 unspecified atom stereocenters. The lowest BCUT2D eigenvalue weighted by atomic mass is 10.0. The van der Waals surface area contributed by atoms with Crippen molar-refractivity contribution in [2.45, 2.75) is 25.9 Å². The van der Waals surface area contributed by atoms with Gasteiger partial charge in [0.2, 0.25) is 5.91 Å². The summed E-state index contributed by atoms with van der Waals surface area (Å²) in [6.07, 6.45) is 1.71. The van der Waals surface area contributed by atoms with Crippen LogP contribution in [0.25, 0.3) is 0 Å². The molecule has 1 amide bonds. The Morgan fingerprint density at radius 3 is 2.76 bits per heavy atom. The Morgan fingerprint density at radius 2 is 2.05 bits per heavy atom. The molecule has 1 saturated heterocycles. The number of carbonyl (C=O) groups is 2. The van der Waals surface area contributed by atoms with Crippen molar-refractivity contribution in [3.8, 4) is 0 Å². The number of carboxylic acids is 1. The third kappa shape index (κ3) is 5.19. The molecule has 0 spiro atoms. The molecule has 21 heavy (non-hydrogen) atoms. The number of aliphatic carboxylic acids is 1. The molecular formula is C16H21NO4. The first kappa shape index (κ1) is 15.5. The van der Waals surface area contributed by atoms with Gasteiger partial charge in [0.25, 0.3) is 0 Å². The first-order valence-electron chi connectivity index (χ1n) is 7.26. The topological polar surface area (TPSA) is 66.8 Å². The van der Waals surface area contributed by atoms with Crippen molar-refractivity contribution in [3.05, 3.63) is 35.9 Å². The van der Waals surface area contributed by atoms with Gasteiger partial charge in [-0.2, -0.15) is 0 Å². The van der Waals surface area contributed by atoms with E-state index in [0.717, 1.165) is 12.0 Å². The molecule has 0 aromatic heterocycles. The van der Waals surface area contributed by atoms with Gasteiger partial charge in [-0.15, -0.1) is 0 Å². The maximum Gasteiger partial charge on any atom is 0.303 e. The van der Waals surface area contributed by atoms with Crippen molar-refractivity contribution >= 4 is 11.9 Å². The largest absolute Gasteiger partial charge is 0.481 e. The number of rotatable bonds is 7. The van der Waals surface area contributed by atoms with E-state index in [4.69, 9.17) is 9.84 Å². The van der Waals surface area contributed by atoms with E-state index in [0.29, 0.717) is 32.0 Å². The van der Waals surface area contributed by atoms with Gasteiger partial charge >= 0.3 is 5.97 Å². The maximum atomic E-state index is 12.0. The summed E-state index contributed by atoms with van der Waals surface area (Å²) in [5.74, 6) is -0.478. The SMILES string of the molecule is O=C(O)CCC1CCN(C(=O)COCc2ccccc2)C1. The van der Waals surface area contributed by atoms with Crippen LogP contribution in [0, 0.1) is 5.92 Å². The van der Waals surface area contributed by atoms with Crippen LogP contribution in [-0.2, 0) is 20.9 Å². The fraction of sp³-hybridized carbons (Fsp3) is 0.500. The minimum absolute atomic E-state index is 0.0104. The Hall–Kier alpha value is -1.88. The quantitative estimate of drug-likeness (QED) is 0.833. The minimum Gasteiger partial charge on any atom is -0.481 e. The van der Waals surface area contributed by atoms with Crippen LogP contribution in [-0.4, -0.2) is 41.6 Å². The Bertz CT molecular complexity index is 474. The van der Waals surface area contributed by atoms with Crippen LogP contribution in [0.15, 0.2) is 30.3 Å². The van der Waals surface area contributed by atoms with Crippen molar-refractivity contribution in [2.24, 2.45) is 5.92 Å². The third-order valence-electron chi connectivity index (χ3n) is 3.74. The fourth-order valence-corrected chi connectivity index (χ4v) is 2.54. The van der Waals surface area contributed by atoms with Gasteiger partial charge < -0.3 is 14.7 Å². The number of hydrogen-bond acceptors (Lipinski definition) is 3. The van der Waals surface area contributed by atoms with Crippen molar-refractivity contribution in [1.29, 1.82) is 0 Å². The van der Waals surface area contributed by atoms with Crippen LogP contribution >= 0.6 is 0 Å².